The zero-order valence-electron chi connectivity index (χ0n) is 13.2. The molecule has 0 spiro atoms. The molecule has 0 saturated carbocycles. The van der Waals surface area contributed by atoms with E-state index in [1.54, 1.807) is 0 Å². The Morgan fingerprint density at radius 1 is 0.667 bits per heavy atom. The van der Waals surface area contributed by atoms with E-state index in [0.717, 1.165) is 18.1 Å². The summed E-state index contributed by atoms with van der Waals surface area (Å²) in [6.45, 7) is 0.842. The van der Waals surface area contributed by atoms with Crippen LogP contribution in [0.25, 0.3) is 21.9 Å². The first kappa shape index (κ1) is 13.3. The summed E-state index contributed by atoms with van der Waals surface area (Å²) >= 11 is 0. The van der Waals surface area contributed by atoms with Gasteiger partial charge in [0.25, 0.3) is 0 Å². The Kier molecular flexibility index (Phi) is 2.89. The average Bonchev–Trinajstić information content (AvgIpc) is 3.21. The van der Waals surface area contributed by atoms with Gasteiger partial charge < -0.3 is 4.57 Å². The molecule has 1 aliphatic rings. The van der Waals surface area contributed by atoms with Crippen LogP contribution in [0.1, 0.15) is 5.56 Å². The van der Waals surface area contributed by atoms with E-state index in [4.69, 9.17) is 4.99 Å². The van der Waals surface area contributed by atoms with Crippen molar-refractivity contribution in [2.45, 2.75) is 6.54 Å². The highest BCUT2D eigenvalue weighted by Gasteiger charge is 2.18. The lowest BCUT2D eigenvalue weighted by molar-refractivity contribution is 0.906. The van der Waals surface area contributed by atoms with Gasteiger partial charge in [-0.2, -0.15) is 0 Å². The van der Waals surface area contributed by atoms with E-state index in [0.29, 0.717) is 0 Å². The van der Waals surface area contributed by atoms with E-state index in [1.165, 1.54) is 27.5 Å². The number of hydrogen-bond donors (Lipinski definition) is 0. The van der Waals surface area contributed by atoms with E-state index >= 15 is 0 Å². The summed E-state index contributed by atoms with van der Waals surface area (Å²) in [5.41, 5.74) is 4.82. The summed E-state index contributed by atoms with van der Waals surface area (Å²) in [7, 11) is 0. The molecule has 4 aromatic rings. The van der Waals surface area contributed by atoms with Crippen molar-refractivity contribution in [1.82, 2.24) is 4.57 Å². The highest BCUT2D eigenvalue weighted by molar-refractivity contribution is 6.07. The maximum absolute atomic E-state index is 4.89. The molecule has 0 aliphatic carbocycles. The number of nitrogens with zero attached hydrogens (tertiary/aromatic N) is 2. The monoisotopic (exact) mass is 308 g/mol. The van der Waals surface area contributed by atoms with Crippen LogP contribution in [0.2, 0.25) is 0 Å². The van der Waals surface area contributed by atoms with E-state index in [9.17, 15) is 0 Å². The van der Waals surface area contributed by atoms with Crippen molar-refractivity contribution < 1.29 is 0 Å². The van der Waals surface area contributed by atoms with Crippen LogP contribution >= 0.6 is 0 Å². The maximum Gasteiger partial charge on any atom is 0.141 e. The first-order valence-corrected chi connectivity index (χ1v) is 8.20. The quantitative estimate of drug-likeness (QED) is 0.469. The summed E-state index contributed by atoms with van der Waals surface area (Å²) in [5.74, 6) is 1.08. The van der Waals surface area contributed by atoms with Crippen molar-refractivity contribution in [3.05, 3.63) is 90.6 Å². The first-order valence-electron chi connectivity index (χ1n) is 8.20. The average molecular weight is 308 g/mol. The summed E-state index contributed by atoms with van der Waals surface area (Å²) in [6.07, 6.45) is 2.19. The van der Waals surface area contributed by atoms with Crippen molar-refractivity contribution in [2.75, 3.05) is 0 Å². The number of aromatic nitrogens is 1. The van der Waals surface area contributed by atoms with Crippen LogP contribution in [0.3, 0.4) is 0 Å². The van der Waals surface area contributed by atoms with Gasteiger partial charge in [-0.3, -0.25) is 0 Å². The minimum Gasteiger partial charge on any atom is -0.326 e. The second kappa shape index (κ2) is 5.20. The Balaban J connectivity index is 1.51. The number of rotatable bonds is 2. The van der Waals surface area contributed by atoms with Gasteiger partial charge >= 0.3 is 0 Å². The van der Waals surface area contributed by atoms with Gasteiger partial charge in [0.1, 0.15) is 5.82 Å². The molecule has 2 nitrogen and oxygen atoms in total. The van der Waals surface area contributed by atoms with E-state index < -0.39 is 0 Å². The molecule has 0 fully saturated rings. The Morgan fingerprint density at radius 3 is 2.17 bits per heavy atom. The molecule has 0 bridgehead atoms. The first-order chi connectivity index (χ1) is 11.9. The number of benzene rings is 3. The Hall–Kier alpha value is -3.13. The normalized spacial score (nSPS) is 13.1. The van der Waals surface area contributed by atoms with Crippen molar-refractivity contribution in [1.29, 1.82) is 0 Å². The summed E-state index contributed by atoms with van der Waals surface area (Å²) in [6, 6.07) is 27.6. The topological polar surface area (TPSA) is 17.3 Å². The maximum atomic E-state index is 4.89. The van der Waals surface area contributed by atoms with Crippen LogP contribution in [0.4, 0.5) is 5.82 Å². The molecule has 1 aromatic heterocycles. The second-order valence-electron chi connectivity index (χ2n) is 6.17. The molecule has 1 aliphatic heterocycles. The fraction of sp³-hybridized carbons (Fsp3) is 0.0455. The number of hydrogen-bond acceptors (Lipinski definition) is 1. The smallest absolute Gasteiger partial charge is 0.141 e. The van der Waals surface area contributed by atoms with Gasteiger partial charge in [-0.05, 0) is 16.7 Å². The second-order valence-corrected chi connectivity index (χ2v) is 6.17. The third kappa shape index (κ3) is 2.08. The van der Waals surface area contributed by atoms with Crippen molar-refractivity contribution in [3.8, 4) is 11.1 Å². The fourth-order valence-corrected chi connectivity index (χ4v) is 3.41. The summed E-state index contributed by atoms with van der Waals surface area (Å²) in [4.78, 5) is 4.89. The van der Waals surface area contributed by atoms with Gasteiger partial charge in [0.2, 0.25) is 0 Å². The predicted octanol–water partition coefficient (Wildman–Crippen LogP) is 5.44. The Labute approximate surface area is 140 Å². The van der Waals surface area contributed by atoms with Gasteiger partial charge in [-0.15, -0.1) is 0 Å². The molecular formula is C22H16N2. The lowest BCUT2D eigenvalue weighted by Gasteiger charge is -2.04. The van der Waals surface area contributed by atoms with Crippen molar-refractivity contribution in [2.24, 2.45) is 4.99 Å². The predicted molar refractivity (Wildman–Crippen MR) is 100 cm³/mol. The lowest BCUT2D eigenvalue weighted by atomic mass is 10.0. The van der Waals surface area contributed by atoms with Crippen LogP contribution in [-0.2, 0) is 6.54 Å². The highest BCUT2D eigenvalue weighted by atomic mass is 15.1. The van der Waals surface area contributed by atoms with E-state index in [-0.39, 0.29) is 0 Å². The largest absolute Gasteiger partial charge is 0.326 e. The fourth-order valence-electron chi connectivity index (χ4n) is 3.41. The molecule has 3 aromatic carbocycles. The van der Waals surface area contributed by atoms with Gasteiger partial charge in [0, 0.05) is 17.0 Å². The van der Waals surface area contributed by atoms with Crippen LogP contribution in [0.5, 0.6) is 0 Å². The molecule has 24 heavy (non-hydrogen) atoms. The van der Waals surface area contributed by atoms with Crippen molar-refractivity contribution >= 4 is 22.3 Å². The molecule has 0 atom stereocenters. The summed E-state index contributed by atoms with van der Waals surface area (Å²) < 4.78 is 2.24. The lowest BCUT2D eigenvalue weighted by Crippen LogP contribution is -2.04. The van der Waals surface area contributed by atoms with Gasteiger partial charge in [-0.25, -0.2) is 4.99 Å². The molecule has 0 saturated heterocycles. The molecule has 0 N–H and O–H groups in total. The van der Waals surface area contributed by atoms with Gasteiger partial charge in [0.05, 0.1) is 12.3 Å². The summed E-state index contributed by atoms with van der Waals surface area (Å²) in [5, 5.41) is 2.49. The SMILES string of the molecule is c1ccc(-c2ccc(C3=Nc4c5ccccc5cn4C3)cc2)cc1. The highest BCUT2D eigenvalue weighted by Crippen LogP contribution is 2.33. The Bertz CT molecular complexity index is 1050. The van der Waals surface area contributed by atoms with E-state index in [1.807, 2.05) is 6.07 Å². The number of aliphatic imine (C=N–C) groups is 1. The zero-order valence-corrected chi connectivity index (χ0v) is 13.2. The standard InChI is InChI=1S/C22H16N2/c1-2-6-16(7-3-1)17-10-12-18(13-11-17)21-15-24-14-19-8-4-5-9-20(19)22(24)23-21/h1-14H,15H2. The molecule has 0 unspecified atom stereocenters. The van der Waals surface area contributed by atoms with Crippen molar-refractivity contribution in [3.63, 3.8) is 0 Å². The molecule has 5 rings (SSSR count). The molecule has 2 heterocycles. The van der Waals surface area contributed by atoms with Crippen LogP contribution in [-0.4, -0.2) is 10.3 Å². The molecule has 0 radical (unpaired) electrons. The van der Waals surface area contributed by atoms with Gasteiger partial charge in [0.15, 0.2) is 0 Å². The number of fused-ring (bicyclic) bond motifs is 3. The van der Waals surface area contributed by atoms with Crippen LogP contribution < -0.4 is 0 Å². The molecule has 0 amide bonds. The molecule has 114 valence electrons. The van der Waals surface area contributed by atoms with E-state index in [2.05, 4.69) is 83.6 Å². The Morgan fingerprint density at radius 2 is 1.33 bits per heavy atom. The minimum atomic E-state index is 0.842. The van der Waals surface area contributed by atoms with Crippen LogP contribution in [0.15, 0.2) is 90.1 Å². The molecule has 2 heteroatoms. The third-order valence-corrected chi connectivity index (χ3v) is 4.65. The van der Waals surface area contributed by atoms with Gasteiger partial charge in [-0.1, -0.05) is 78.9 Å². The third-order valence-electron chi connectivity index (χ3n) is 4.65. The van der Waals surface area contributed by atoms with Crippen LogP contribution in [0, 0.1) is 0 Å². The molecular weight excluding hydrogens is 292 g/mol. The zero-order chi connectivity index (χ0) is 15.9. The minimum absolute atomic E-state index is 0.842.